The summed E-state index contributed by atoms with van der Waals surface area (Å²) in [5.41, 5.74) is 1.42. The second-order valence-electron chi connectivity index (χ2n) is 8.34. The van der Waals surface area contributed by atoms with Gasteiger partial charge in [0, 0.05) is 13.8 Å². The van der Waals surface area contributed by atoms with Crippen LogP contribution in [0.4, 0.5) is 0 Å². The van der Waals surface area contributed by atoms with Gasteiger partial charge in [0.2, 0.25) is 0 Å². The highest BCUT2D eigenvalue weighted by Crippen LogP contribution is 2.84. The van der Waals surface area contributed by atoms with E-state index in [1.807, 2.05) is 0 Å². The number of esters is 2. The Morgan fingerprint density at radius 1 is 0.857 bits per heavy atom. The minimum absolute atomic E-state index is 0.271. The lowest BCUT2D eigenvalue weighted by atomic mass is 9.58. The van der Waals surface area contributed by atoms with Gasteiger partial charge in [-0.25, -0.2) is 9.59 Å². The molecule has 1 aliphatic heterocycles. The Morgan fingerprint density at radius 2 is 1.48 bits per heavy atom. The van der Waals surface area contributed by atoms with E-state index in [0.717, 1.165) is 41.1 Å². The molecule has 6 rings (SSSR count). The maximum absolute atomic E-state index is 12.4. The van der Waals surface area contributed by atoms with Crippen LogP contribution >= 0.6 is 0 Å². The Hall–Kier alpha value is -1.32. The first-order valence-electron chi connectivity index (χ1n) is 8.19. The van der Waals surface area contributed by atoms with Crippen LogP contribution < -0.4 is 0 Å². The van der Waals surface area contributed by atoms with Gasteiger partial charge in [-0.2, -0.15) is 0 Å². The standard InChI is InChI=1S/C17H18O4/c1-17(2)20-15(18)14(16(19)21-17)13-10-6-4-7-9-5(6)3-8(10)11(9)12(7)13/h5-12H,3-4H2,1-2H3/t5-,6+,7-,8+,9-,10+,11+,12+/m0/s1. The SMILES string of the molecule is CC1(C)OC(=O)C(=C2[C@@H]3[C@@H]4C[C@@H]5[C@@H]2[C@@H]2[C@@H]3C[C@@H]4[C@@H]52)C(=O)O1. The predicted octanol–water partition coefficient (Wildman–Crippen LogP) is 1.90. The molecule has 0 radical (unpaired) electrons. The Morgan fingerprint density at radius 3 is 2.19 bits per heavy atom. The largest absolute Gasteiger partial charge is 0.419 e. The third-order valence-electron chi connectivity index (χ3n) is 7.46. The number of hydrogen-bond donors (Lipinski definition) is 0. The van der Waals surface area contributed by atoms with Crippen molar-refractivity contribution in [2.75, 3.05) is 0 Å². The molecule has 8 atom stereocenters. The van der Waals surface area contributed by atoms with E-state index >= 15 is 0 Å². The van der Waals surface area contributed by atoms with Crippen LogP contribution in [0.2, 0.25) is 0 Å². The van der Waals surface area contributed by atoms with Crippen LogP contribution in [0.15, 0.2) is 11.1 Å². The van der Waals surface area contributed by atoms with Gasteiger partial charge in [-0.05, 0) is 65.8 Å². The van der Waals surface area contributed by atoms with Crippen molar-refractivity contribution in [2.24, 2.45) is 47.3 Å². The molecule has 6 fully saturated rings. The number of rotatable bonds is 0. The molecule has 0 N–H and O–H groups in total. The molecule has 0 spiro atoms. The zero-order valence-corrected chi connectivity index (χ0v) is 12.2. The van der Waals surface area contributed by atoms with Gasteiger partial charge in [-0.15, -0.1) is 0 Å². The Labute approximate surface area is 122 Å². The first-order valence-corrected chi connectivity index (χ1v) is 8.19. The highest BCUT2D eigenvalue weighted by molar-refractivity contribution is 6.16. The fourth-order valence-corrected chi connectivity index (χ4v) is 7.40. The van der Waals surface area contributed by atoms with E-state index in [2.05, 4.69) is 0 Å². The smallest absolute Gasteiger partial charge is 0.348 e. The van der Waals surface area contributed by atoms with Crippen molar-refractivity contribution >= 4 is 11.9 Å². The summed E-state index contributed by atoms with van der Waals surface area (Å²) < 4.78 is 10.7. The number of ether oxygens (including phenoxy) is 2. The number of hydrogen-bond acceptors (Lipinski definition) is 4. The first-order chi connectivity index (χ1) is 9.98. The molecule has 4 heteroatoms. The minimum atomic E-state index is -1.13. The highest BCUT2D eigenvalue weighted by atomic mass is 16.7. The van der Waals surface area contributed by atoms with Crippen LogP contribution in [0.25, 0.3) is 0 Å². The minimum Gasteiger partial charge on any atom is -0.419 e. The maximum atomic E-state index is 12.4. The maximum Gasteiger partial charge on any atom is 0.348 e. The molecule has 0 aromatic carbocycles. The molecule has 5 saturated carbocycles. The van der Waals surface area contributed by atoms with Crippen molar-refractivity contribution in [3.8, 4) is 0 Å². The van der Waals surface area contributed by atoms with Crippen LogP contribution in [-0.2, 0) is 19.1 Å². The molecule has 1 saturated heterocycles. The zero-order valence-electron chi connectivity index (χ0n) is 12.2. The van der Waals surface area contributed by atoms with E-state index in [1.165, 1.54) is 12.8 Å². The third kappa shape index (κ3) is 0.984. The van der Waals surface area contributed by atoms with Crippen LogP contribution in [0.5, 0.6) is 0 Å². The van der Waals surface area contributed by atoms with Crippen LogP contribution in [0, 0.1) is 47.3 Å². The summed E-state index contributed by atoms with van der Waals surface area (Å²) in [6.45, 7) is 3.23. The lowest BCUT2D eigenvalue weighted by Crippen LogP contribution is -2.45. The molecule has 4 nitrogen and oxygen atoms in total. The van der Waals surface area contributed by atoms with Crippen molar-refractivity contribution in [2.45, 2.75) is 32.5 Å². The summed E-state index contributed by atoms with van der Waals surface area (Å²) in [6, 6.07) is 0. The van der Waals surface area contributed by atoms with Crippen molar-refractivity contribution in [3.63, 3.8) is 0 Å². The van der Waals surface area contributed by atoms with E-state index in [9.17, 15) is 9.59 Å². The molecule has 5 aliphatic carbocycles. The van der Waals surface area contributed by atoms with E-state index in [1.54, 1.807) is 13.8 Å². The van der Waals surface area contributed by atoms with Gasteiger partial charge in [0.1, 0.15) is 5.57 Å². The van der Waals surface area contributed by atoms with Crippen molar-refractivity contribution in [1.82, 2.24) is 0 Å². The fourth-order valence-electron chi connectivity index (χ4n) is 7.40. The second kappa shape index (κ2) is 2.92. The van der Waals surface area contributed by atoms with E-state index in [4.69, 9.17) is 9.47 Å². The summed E-state index contributed by atoms with van der Waals surface area (Å²) in [5.74, 6) is 3.74. The van der Waals surface area contributed by atoms with Gasteiger partial charge in [0.15, 0.2) is 0 Å². The van der Waals surface area contributed by atoms with Gasteiger partial charge < -0.3 is 9.47 Å². The van der Waals surface area contributed by atoms with Gasteiger partial charge in [-0.1, -0.05) is 0 Å². The number of cyclic esters (lactones) is 2. The van der Waals surface area contributed by atoms with Gasteiger partial charge in [0.05, 0.1) is 0 Å². The van der Waals surface area contributed by atoms with Crippen molar-refractivity contribution in [1.29, 1.82) is 0 Å². The first kappa shape index (κ1) is 11.3. The molecule has 0 aromatic heterocycles. The molecule has 2 bridgehead atoms. The van der Waals surface area contributed by atoms with Gasteiger partial charge >= 0.3 is 11.9 Å². The second-order valence-corrected chi connectivity index (χ2v) is 8.34. The molecule has 1 heterocycles. The molecular weight excluding hydrogens is 268 g/mol. The molecule has 0 unspecified atom stereocenters. The van der Waals surface area contributed by atoms with E-state index in [0.29, 0.717) is 11.8 Å². The van der Waals surface area contributed by atoms with E-state index < -0.39 is 17.7 Å². The zero-order chi connectivity index (χ0) is 14.3. The molecule has 6 aliphatic rings. The Bertz CT molecular complexity index is 632. The van der Waals surface area contributed by atoms with Crippen LogP contribution in [0.3, 0.4) is 0 Å². The van der Waals surface area contributed by atoms with Crippen LogP contribution in [-0.4, -0.2) is 17.7 Å². The normalized spacial score (nSPS) is 56.9. The molecule has 110 valence electrons. The lowest BCUT2D eigenvalue weighted by Gasteiger charge is -2.46. The number of carbonyl (C=O) groups is 2. The Balaban J connectivity index is 1.53. The molecule has 0 aromatic rings. The molecular formula is C17H18O4. The number of fused-ring (bicyclic) bond motifs is 2. The summed E-state index contributed by atoms with van der Waals surface area (Å²) in [6.07, 6.45) is 2.67. The number of allylic oxidation sites excluding steroid dienone is 1. The fraction of sp³-hybridized carbons (Fsp3) is 0.765. The van der Waals surface area contributed by atoms with Crippen LogP contribution in [0.1, 0.15) is 26.7 Å². The summed E-state index contributed by atoms with van der Waals surface area (Å²) >= 11 is 0. The lowest BCUT2D eigenvalue weighted by molar-refractivity contribution is -0.222. The van der Waals surface area contributed by atoms with Gasteiger partial charge in [0.25, 0.3) is 5.79 Å². The summed E-state index contributed by atoms with van der Waals surface area (Å²) in [7, 11) is 0. The average molecular weight is 286 g/mol. The van der Waals surface area contributed by atoms with Crippen molar-refractivity contribution in [3.05, 3.63) is 11.1 Å². The monoisotopic (exact) mass is 286 g/mol. The molecule has 0 amide bonds. The quantitative estimate of drug-likeness (QED) is 0.388. The third-order valence-corrected chi connectivity index (χ3v) is 7.46. The predicted molar refractivity (Wildman–Crippen MR) is 70.4 cm³/mol. The summed E-state index contributed by atoms with van der Waals surface area (Å²) in [5, 5.41) is 0. The Kier molecular flexibility index (Phi) is 1.57. The van der Waals surface area contributed by atoms with Crippen molar-refractivity contribution < 1.29 is 19.1 Å². The average Bonchev–Trinajstić information content (AvgIpc) is 2.85. The number of carbonyl (C=O) groups excluding carboxylic acids is 2. The summed E-state index contributed by atoms with van der Waals surface area (Å²) in [4.78, 5) is 24.8. The van der Waals surface area contributed by atoms with Gasteiger partial charge in [-0.3, -0.25) is 0 Å². The van der Waals surface area contributed by atoms with E-state index in [-0.39, 0.29) is 5.57 Å². The molecule has 21 heavy (non-hydrogen) atoms. The topological polar surface area (TPSA) is 52.6 Å². The highest BCUT2D eigenvalue weighted by Gasteiger charge is 2.79.